The maximum atomic E-state index is 5.52. The Morgan fingerprint density at radius 2 is 0.733 bits per heavy atom. The van der Waals surface area contributed by atoms with E-state index in [1.807, 2.05) is 30.6 Å². The molecule has 7 heterocycles. The Labute approximate surface area is 357 Å². The number of fused-ring (bicyclic) bond motifs is 8. The second-order valence-electron chi connectivity index (χ2n) is 14.7. The van der Waals surface area contributed by atoms with Crippen LogP contribution in [-0.2, 0) is 16.5 Å². The minimum Gasteiger partial charge on any atom is -0.657 e. The summed E-state index contributed by atoms with van der Waals surface area (Å²) in [5, 5.41) is 0. The molecule has 0 amide bonds. The van der Waals surface area contributed by atoms with Crippen LogP contribution in [0.25, 0.3) is 90.9 Å². The Morgan fingerprint density at radius 1 is 0.367 bits per heavy atom. The minimum atomic E-state index is -0.0975. The summed E-state index contributed by atoms with van der Waals surface area (Å²) >= 11 is 0. The number of nitrogens with one attached hydrogen (secondary N) is 2. The fourth-order valence-corrected chi connectivity index (χ4v) is 8.59. The van der Waals surface area contributed by atoms with Crippen molar-refractivity contribution in [3.05, 3.63) is 216 Å². The monoisotopic (exact) mass is 814 g/mol. The van der Waals surface area contributed by atoms with Gasteiger partial charge in [0, 0.05) is 23.8 Å². The third-order valence-corrected chi connectivity index (χ3v) is 11.2. The Hall–Kier alpha value is -7.47. The van der Waals surface area contributed by atoms with Crippen LogP contribution in [0.3, 0.4) is 0 Å². The predicted molar refractivity (Wildman–Crippen MR) is 241 cm³/mol. The Balaban J connectivity index is 0.00000433. The van der Waals surface area contributed by atoms with Crippen molar-refractivity contribution in [3.63, 3.8) is 0 Å². The van der Waals surface area contributed by atoms with Crippen molar-refractivity contribution in [1.29, 1.82) is 0 Å². The van der Waals surface area contributed by atoms with Crippen LogP contribution in [0, 0.1) is 0 Å². The molecule has 0 spiro atoms. The van der Waals surface area contributed by atoms with Gasteiger partial charge in [-0.3, -0.25) is 0 Å². The molecule has 0 saturated heterocycles. The van der Waals surface area contributed by atoms with Gasteiger partial charge in [-0.15, -0.1) is 22.1 Å². The zero-order valence-corrected chi connectivity index (χ0v) is 33.2. The van der Waals surface area contributed by atoms with Gasteiger partial charge < -0.3 is 19.9 Å². The van der Waals surface area contributed by atoms with Crippen molar-refractivity contribution in [3.8, 4) is 44.5 Å². The maximum absolute atomic E-state index is 5.52. The minimum absolute atomic E-state index is 0. The van der Waals surface area contributed by atoms with Crippen molar-refractivity contribution in [2.75, 3.05) is 0 Å². The van der Waals surface area contributed by atoms with Gasteiger partial charge >= 0.3 is 16.5 Å². The molecule has 11 rings (SSSR count). The van der Waals surface area contributed by atoms with Gasteiger partial charge in [-0.1, -0.05) is 140 Å². The molecule has 2 N–H and O–H groups in total. The van der Waals surface area contributed by atoms with Gasteiger partial charge in [0.2, 0.25) is 0 Å². The molecule has 288 valence electrons. The number of aromatic nitrogens is 6. The fourth-order valence-electron chi connectivity index (χ4n) is 8.59. The van der Waals surface area contributed by atoms with Crippen molar-refractivity contribution >= 4 is 46.4 Å². The van der Waals surface area contributed by atoms with E-state index in [4.69, 9.17) is 19.9 Å². The van der Waals surface area contributed by atoms with Gasteiger partial charge in [0.1, 0.15) is 0 Å². The number of rotatable bonds is 7. The molecule has 0 atom stereocenters. The summed E-state index contributed by atoms with van der Waals surface area (Å²) in [6.07, 6.45) is 12.4. The van der Waals surface area contributed by atoms with Crippen molar-refractivity contribution < 1.29 is 16.5 Å². The number of aromatic amines is 2. The maximum Gasteiger partial charge on any atom is 2.00 e. The summed E-state index contributed by atoms with van der Waals surface area (Å²) in [5.74, 6) is -0.0975. The molecule has 0 fully saturated rings. The van der Waals surface area contributed by atoms with E-state index >= 15 is 0 Å². The van der Waals surface area contributed by atoms with Gasteiger partial charge in [0.15, 0.2) is 0 Å². The molecule has 0 aliphatic carbocycles. The molecule has 2 aliphatic rings. The van der Waals surface area contributed by atoms with E-state index in [0.29, 0.717) is 0 Å². The molecular formula is C53H36N6Ni. The fraction of sp³-hybridized carbons (Fsp3) is 0.0189. The van der Waals surface area contributed by atoms with Gasteiger partial charge in [-0.05, 0) is 98.6 Å². The Morgan fingerprint density at radius 3 is 1.13 bits per heavy atom. The second-order valence-corrected chi connectivity index (χ2v) is 14.7. The van der Waals surface area contributed by atoms with E-state index in [1.54, 1.807) is 0 Å². The van der Waals surface area contributed by atoms with E-state index in [-0.39, 0.29) is 22.4 Å². The smallest absolute Gasteiger partial charge is 0.657 e. The number of H-pyrrole nitrogens is 2. The van der Waals surface area contributed by atoms with Gasteiger partial charge in [0.25, 0.3) is 0 Å². The Bertz CT molecular complexity index is 3120. The van der Waals surface area contributed by atoms with Crippen LogP contribution >= 0.6 is 0 Å². The normalized spacial score (nSPS) is 11.9. The van der Waals surface area contributed by atoms with Crippen LogP contribution in [0.5, 0.6) is 0 Å². The number of nitrogens with zero attached hydrogens (tertiary/aromatic N) is 4. The molecule has 7 heteroatoms. The Kier molecular flexibility index (Phi) is 9.65. The molecule has 4 aromatic carbocycles. The van der Waals surface area contributed by atoms with E-state index < -0.39 is 0 Å². The van der Waals surface area contributed by atoms with Crippen LogP contribution in [0.2, 0.25) is 0 Å². The van der Waals surface area contributed by atoms with Crippen LogP contribution in [0.15, 0.2) is 176 Å². The van der Waals surface area contributed by atoms with Crippen LogP contribution in [0.1, 0.15) is 45.6 Å². The molecule has 2 aliphatic heterocycles. The molecule has 8 bridgehead atoms. The molecule has 60 heavy (non-hydrogen) atoms. The molecule has 9 aromatic rings. The van der Waals surface area contributed by atoms with Crippen molar-refractivity contribution in [1.82, 2.24) is 29.9 Å². The summed E-state index contributed by atoms with van der Waals surface area (Å²) in [7, 11) is 0. The average Bonchev–Trinajstić information content (AvgIpc) is 4.14. The van der Waals surface area contributed by atoms with E-state index in [2.05, 4.69) is 180 Å². The molecule has 0 saturated carbocycles. The van der Waals surface area contributed by atoms with Crippen LogP contribution < -0.4 is 9.97 Å². The van der Waals surface area contributed by atoms with Crippen LogP contribution in [0.4, 0.5) is 0 Å². The van der Waals surface area contributed by atoms with E-state index in [9.17, 15) is 0 Å². The second kappa shape index (κ2) is 15.7. The summed E-state index contributed by atoms with van der Waals surface area (Å²) in [5.41, 5.74) is 18.0. The first kappa shape index (κ1) is 36.8. The molecule has 0 unspecified atom stereocenters. The van der Waals surface area contributed by atoms with Gasteiger partial charge in [0.05, 0.1) is 28.7 Å². The van der Waals surface area contributed by atoms with Crippen molar-refractivity contribution in [2.24, 2.45) is 0 Å². The SMILES string of the molecule is C1=Cc2nc1c(-c1ccccc1)c1ccc([n-]1)c(-c1ccccc1)c1nc(c(-c3ccccc3C(c3ccc[nH]3)c3ccc[nH]3)c3ccc([n-]3)c2-c2ccccc2)C=C1.[Ni+2]. The van der Waals surface area contributed by atoms with Crippen molar-refractivity contribution in [2.45, 2.75) is 5.92 Å². The molecule has 5 aromatic heterocycles. The zero-order chi connectivity index (χ0) is 39.1. The third kappa shape index (κ3) is 6.55. The topological polar surface area (TPSA) is 85.6 Å². The largest absolute Gasteiger partial charge is 2.00 e. The average molecular weight is 816 g/mol. The summed E-state index contributed by atoms with van der Waals surface area (Å²) in [6.45, 7) is 0. The third-order valence-electron chi connectivity index (χ3n) is 11.2. The quantitative estimate of drug-likeness (QED) is 0.157. The molecule has 0 radical (unpaired) electrons. The molecule has 6 nitrogen and oxygen atoms in total. The van der Waals surface area contributed by atoms with Crippen LogP contribution in [-0.4, -0.2) is 19.9 Å². The first-order valence-corrected chi connectivity index (χ1v) is 19.8. The zero-order valence-electron chi connectivity index (χ0n) is 32.2. The van der Waals surface area contributed by atoms with E-state index in [1.165, 1.54) is 0 Å². The molecular weight excluding hydrogens is 779 g/mol. The first-order chi connectivity index (χ1) is 29.3. The number of hydrogen-bond acceptors (Lipinski definition) is 2. The summed E-state index contributed by atoms with van der Waals surface area (Å²) in [4.78, 5) is 28.9. The van der Waals surface area contributed by atoms with Gasteiger partial charge in [-0.2, -0.15) is 0 Å². The standard InChI is InChI=1S/C53H36N6.Ni/c1-4-14-34(15-5-1)49-41-24-26-43(56-41)50(35-16-6-2-7-17-35)45-28-30-47(58-45)53(38-21-11-10-20-37(38)52(39-22-12-32-54-39)40-23-13-33-55-40)48-31-29-46(59-48)51(36-18-8-3-9-19-36)44-27-25-42(49)57-44;/h1-33,52,54-55H;/q-2;+2. The first-order valence-electron chi connectivity index (χ1n) is 19.8. The van der Waals surface area contributed by atoms with Gasteiger partial charge in [-0.25, -0.2) is 9.97 Å². The summed E-state index contributed by atoms with van der Waals surface area (Å²) < 4.78 is 0. The summed E-state index contributed by atoms with van der Waals surface area (Å²) in [6, 6.07) is 56.8. The number of hydrogen-bond donors (Lipinski definition) is 2. The predicted octanol–water partition coefficient (Wildman–Crippen LogP) is 12.4. The van der Waals surface area contributed by atoms with E-state index in [0.717, 1.165) is 106 Å². The number of benzene rings is 4.